The van der Waals surface area contributed by atoms with Crippen LogP contribution in [-0.2, 0) is 4.79 Å². The predicted molar refractivity (Wildman–Crippen MR) is 173 cm³/mol. The first-order chi connectivity index (χ1) is 21.7. The van der Waals surface area contributed by atoms with Gasteiger partial charge in [0.1, 0.15) is 11.0 Å². The molecule has 0 radical (unpaired) electrons. The topological polar surface area (TPSA) is 155 Å². The normalized spacial score (nSPS) is 11.3. The number of amides is 2. The molecule has 0 aliphatic rings. The van der Waals surface area contributed by atoms with Crippen LogP contribution in [0.3, 0.4) is 0 Å². The van der Waals surface area contributed by atoms with Crippen molar-refractivity contribution in [2.45, 2.75) is 10.1 Å². The number of aromatic nitrogens is 1. The Morgan fingerprint density at radius 2 is 1.53 bits per heavy atom. The average molecular weight is 640 g/mol. The molecule has 226 valence electrons. The first-order valence-corrected chi connectivity index (χ1v) is 15.1. The molecule has 10 nitrogen and oxygen atoms in total. The highest BCUT2D eigenvalue weighted by Crippen LogP contribution is 2.38. The number of para-hydroxylation sites is 1. The predicted octanol–water partition coefficient (Wildman–Crippen LogP) is 6.94. The van der Waals surface area contributed by atoms with Crippen molar-refractivity contribution in [2.24, 2.45) is 0 Å². The van der Waals surface area contributed by atoms with Crippen LogP contribution >= 0.6 is 23.1 Å². The lowest BCUT2D eigenvalue weighted by Crippen LogP contribution is -2.19. The largest absolute Gasteiger partial charge is 0.496 e. The minimum atomic E-state index is -1.42. The Morgan fingerprint density at radius 1 is 0.822 bits per heavy atom. The maximum absolute atomic E-state index is 13.6. The molecule has 1 atom stereocenters. The van der Waals surface area contributed by atoms with Crippen LogP contribution in [0.15, 0.2) is 107 Å². The number of thioether (sulfide) groups is 1. The van der Waals surface area contributed by atoms with Gasteiger partial charge in [-0.2, -0.15) is 0 Å². The number of nitrogens with one attached hydrogen (secondary N) is 2. The molecule has 0 aliphatic heterocycles. The third-order valence-electron chi connectivity index (χ3n) is 6.57. The maximum atomic E-state index is 13.6. The number of aromatic carboxylic acids is 2. The number of anilines is 2. The molecule has 0 aliphatic carbocycles. The summed E-state index contributed by atoms with van der Waals surface area (Å²) in [5, 5.41) is 25.9. The Hall–Kier alpha value is -5.46. The van der Waals surface area contributed by atoms with E-state index < -0.39 is 28.7 Å². The minimum absolute atomic E-state index is 0.178. The highest BCUT2D eigenvalue weighted by atomic mass is 32.2. The molecular formula is C33H25N3O7S2. The SMILES string of the molecule is COc1ccccc1-c1csc(NC(=O)C(Sc2ccc(NC(=O)c3ccc(C(=O)O)cc3C(=O)O)cc2)c2ccccc2)n1. The van der Waals surface area contributed by atoms with E-state index in [4.69, 9.17) is 9.84 Å². The number of benzene rings is 4. The number of ether oxygens (including phenoxy) is 1. The van der Waals surface area contributed by atoms with Gasteiger partial charge in [0, 0.05) is 21.5 Å². The second-order valence-electron chi connectivity index (χ2n) is 9.49. The average Bonchev–Trinajstić information content (AvgIpc) is 3.52. The highest BCUT2D eigenvalue weighted by molar-refractivity contribution is 8.00. The number of nitrogens with zero attached hydrogens (tertiary/aromatic N) is 1. The van der Waals surface area contributed by atoms with Gasteiger partial charge in [-0.15, -0.1) is 23.1 Å². The van der Waals surface area contributed by atoms with Crippen molar-refractivity contribution in [1.82, 2.24) is 4.98 Å². The fraction of sp³-hybridized carbons (Fsp3) is 0.0606. The van der Waals surface area contributed by atoms with Gasteiger partial charge in [0.25, 0.3) is 5.91 Å². The molecule has 5 aromatic rings. The zero-order valence-corrected chi connectivity index (χ0v) is 25.2. The van der Waals surface area contributed by atoms with Gasteiger partial charge in [-0.25, -0.2) is 14.6 Å². The van der Waals surface area contributed by atoms with E-state index in [1.807, 2.05) is 60.0 Å². The quantitative estimate of drug-likeness (QED) is 0.113. The number of thiazole rings is 1. The third-order valence-corrected chi connectivity index (χ3v) is 8.59. The maximum Gasteiger partial charge on any atom is 0.336 e. The number of hydrogen-bond acceptors (Lipinski definition) is 8. The summed E-state index contributed by atoms with van der Waals surface area (Å²) in [5.74, 6) is -3.02. The number of hydrogen-bond donors (Lipinski definition) is 4. The fourth-order valence-electron chi connectivity index (χ4n) is 4.39. The van der Waals surface area contributed by atoms with Crippen molar-refractivity contribution >= 4 is 57.7 Å². The number of carboxylic acid groups (broad SMARTS) is 2. The summed E-state index contributed by atoms with van der Waals surface area (Å²) in [6, 6.07) is 26.8. The van der Waals surface area contributed by atoms with Crippen LogP contribution in [-0.4, -0.2) is 46.1 Å². The van der Waals surface area contributed by atoms with Crippen molar-refractivity contribution < 1.29 is 34.1 Å². The van der Waals surface area contributed by atoms with Crippen LogP contribution in [0.2, 0.25) is 0 Å². The van der Waals surface area contributed by atoms with E-state index in [9.17, 15) is 24.3 Å². The van der Waals surface area contributed by atoms with Gasteiger partial charge in [0.2, 0.25) is 5.91 Å². The summed E-state index contributed by atoms with van der Waals surface area (Å²) in [4.78, 5) is 54.7. The molecule has 0 spiro atoms. The molecule has 2 amide bonds. The van der Waals surface area contributed by atoms with E-state index in [-0.39, 0.29) is 17.0 Å². The molecule has 12 heteroatoms. The second kappa shape index (κ2) is 13.9. The number of carboxylic acids is 2. The lowest BCUT2D eigenvalue weighted by molar-refractivity contribution is -0.115. The highest BCUT2D eigenvalue weighted by Gasteiger charge is 2.24. The van der Waals surface area contributed by atoms with E-state index >= 15 is 0 Å². The van der Waals surface area contributed by atoms with Crippen molar-refractivity contribution in [3.8, 4) is 17.0 Å². The minimum Gasteiger partial charge on any atom is -0.496 e. The second-order valence-corrected chi connectivity index (χ2v) is 11.5. The first kappa shape index (κ1) is 31.0. The molecule has 5 rings (SSSR count). The van der Waals surface area contributed by atoms with E-state index in [2.05, 4.69) is 15.6 Å². The van der Waals surface area contributed by atoms with Gasteiger partial charge >= 0.3 is 11.9 Å². The monoisotopic (exact) mass is 639 g/mol. The van der Waals surface area contributed by atoms with Gasteiger partial charge in [0.15, 0.2) is 5.13 Å². The Morgan fingerprint density at radius 3 is 2.22 bits per heavy atom. The van der Waals surface area contributed by atoms with Gasteiger partial charge in [-0.3, -0.25) is 9.59 Å². The Bertz CT molecular complexity index is 1880. The summed E-state index contributed by atoms with van der Waals surface area (Å²) in [6.07, 6.45) is 0. The number of carbonyl (C=O) groups excluding carboxylic acids is 2. The first-order valence-electron chi connectivity index (χ1n) is 13.4. The zero-order valence-electron chi connectivity index (χ0n) is 23.6. The van der Waals surface area contributed by atoms with Crippen molar-refractivity contribution in [3.05, 3.63) is 125 Å². The molecular weight excluding hydrogens is 615 g/mol. The summed E-state index contributed by atoms with van der Waals surface area (Å²) in [7, 11) is 1.59. The van der Waals surface area contributed by atoms with Gasteiger partial charge in [-0.1, -0.05) is 42.5 Å². The number of rotatable bonds is 11. The molecule has 0 fully saturated rings. The van der Waals surface area contributed by atoms with Crippen LogP contribution in [0.1, 0.15) is 41.9 Å². The Kier molecular flexibility index (Phi) is 9.56. The molecule has 0 saturated heterocycles. The van der Waals surface area contributed by atoms with Crippen molar-refractivity contribution in [2.75, 3.05) is 17.7 Å². The van der Waals surface area contributed by atoms with Crippen molar-refractivity contribution in [1.29, 1.82) is 0 Å². The van der Waals surface area contributed by atoms with Crippen LogP contribution in [0.5, 0.6) is 5.75 Å². The molecule has 0 bridgehead atoms. The molecule has 0 saturated carbocycles. The molecule has 1 heterocycles. The van der Waals surface area contributed by atoms with Crippen LogP contribution in [0.4, 0.5) is 10.8 Å². The van der Waals surface area contributed by atoms with Crippen LogP contribution < -0.4 is 15.4 Å². The van der Waals surface area contributed by atoms with Crippen LogP contribution in [0, 0.1) is 0 Å². The molecule has 45 heavy (non-hydrogen) atoms. The summed E-state index contributed by atoms with van der Waals surface area (Å²) in [5.41, 5.74) is 1.82. The smallest absolute Gasteiger partial charge is 0.336 e. The Balaban J connectivity index is 1.31. The molecule has 4 N–H and O–H groups in total. The molecule has 1 unspecified atom stereocenters. The van der Waals surface area contributed by atoms with E-state index in [0.717, 1.165) is 28.2 Å². The lowest BCUT2D eigenvalue weighted by Gasteiger charge is -2.16. The summed E-state index contributed by atoms with van der Waals surface area (Å²) >= 11 is 2.62. The van der Waals surface area contributed by atoms with E-state index in [1.54, 1.807) is 31.4 Å². The van der Waals surface area contributed by atoms with Gasteiger partial charge in [0.05, 0.1) is 29.5 Å². The summed E-state index contributed by atoms with van der Waals surface area (Å²) in [6.45, 7) is 0. The van der Waals surface area contributed by atoms with Crippen molar-refractivity contribution in [3.63, 3.8) is 0 Å². The Labute approximate surface area is 265 Å². The number of carbonyl (C=O) groups is 4. The zero-order chi connectivity index (χ0) is 31.9. The van der Waals surface area contributed by atoms with Crippen LogP contribution in [0.25, 0.3) is 11.3 Å². The van der Waals surface area contributed by atoms with Gasteiger partial charge in [-0.05, 0) is 60.2 Å². The third kappa shape index (κ3) is 7.37. The molecule has 1 aromatic heterocycles. The number of methoxy groups -OCH3 is 1. The van der Waals surface area contributed by atoms with Gasteiger partial charge < -0.3 is 25.6 Å². The summed E-state index contributed by atoms with van der Waals surface area (Å²) < 4.78 is 5.44. The standard InChI is InChI=1S/C33H25N3O7S2/c1-43-27-10-6-5-9-24(27)26-18-44-33(35-26)36-30(38)28(19-7-3-2-4-8-19)45-22-14-12-21(13-15-22)34-29(37)23-16-11-20(31(39)40)17-25(23)32(41)42/h2-18,28H,1H3,(H,34,37)(H,39,40)(H,41,42)(H,35,36,38). The van der Waals surface area contributed by atoms with E-state index in [0.29, 0.717) is 22.3 Å². The van der Waals surface area contributed by atoms with E-state index in [1.165, 1.54) is 29.2 Å². The lowest BCUT2D eigenvalue weighted by atomic mass is 10.0. The molecule has 4 aromatic carbocycles. The fourth-order valence-corrected chi connectivity index (χ4v) is 6.12.